The van der Waals surface area contributed by atoms with Gasteiger partial charge in [-0.05, 0) is 68.7 Å². The average Bonchev–Trinajstić information content (AvgIpc) is 3.88. The number of benzene rings is 6. The number of aliphatic hydroxyl groups excluding tert-OH is 1. The van der Waals surface area contributed by atoms with E-state index in [2.05, 4.69) is 0 Å². The zero-order chi connectivity index (χ0) is 60.3. The Labute approximate surface area is 460 Å². The lowest BCUT2D eigenvalue weighted by atomic mass is 10.1. The van der Waals surface area contributed by atoms with E-state index in [0.29, 0.717) is 47.5 Å². The number of carbonyl (C=O) groups excluding carboxylic acids is 5. The van der Waals surface area contributed by atoms with Crippen LogP contribution < -0.4 is 11.5 Å². The molecule has 77 heavy (non-hydrogen) atoms. The zero-order valence-electron chi connectivity index (χ0n) is 48.5. The first-order valence-electron chi connectivity index (χ1n) is 25.9. The maximum atomic E-state index is 11.0. The molecule has 6 N–H and O–H groups in total. The Balaban J connectivity index is -0.000000259. The number of ether oxygens (including phenoxy) is 1. The number of nitrogens with two attached hydrogens (primary N) is 2. The molecule has 13 heteroatoms. The fourth-order valence-corrected chi connectivity index (χ4v) is 5.81. The standard InChI is InChI=1S/2C9H11NO.C9H7NO.C9H10O2.C8H5NO2.C8H6O2.6C2H6/c4*1-7(11)9-5-3-2-4-8(9)6-10;9-5-6-3-1-2-4-7(6)8(10)11;9-8-7-4-2-1-3-6(7)5-10-8;6*1-2/h2*2-5H,6,10H2,1H3;2-5H,1H3;2-5,10H,6H2,1H3;1-4H,(H,10,11);1-4H,5H2;6*1-2H3. The summed E-state index contributed by atoms with van der Waals surface area (Å²) in [4.78, 5) is 65.0. The molecule has 0 aliphatic carbocycles. The summed E-state index contributed by atoms with van der Waals surface area (Å²) in [6.45, 7) is 31.3. The van der Waals surface area contributed by atoms with E-state index in [4.69, 9.17) is 36.9 Å². The maximum Gasteiger partial charge on any atom is 0.338 e. The highest BCUT2D eigenvalue weighted by molar-refractivity contribution is 5.97. The average molecular weight is 1060 g/mol. The third-order valence-corrected chi connectivity index (χ3v) is 9.10. The fourth-order valence-electron chi connectivity index (χ4n) is 5.81. The molecule has 0 spiro atoms. The van der Waals surface area contributed by atoms with Crippen LogP contribution in [0.5, 0.6) is 0 Å². The molecule has 6 aromatic rings. The summed E-state index contributed by atoms with van der Waals surface area (Å²) < 4.78 is 4.78. The first-order valence-corrected chi connectivity index (χ1v) is 25.9. The Bertz CT molecular complexity index is 2480. The van der Waals surface area contributed by atoms with Crippen LogP contribution in [0.25, 0.3) is 0 Å². The van der Waals surface area contributed by atoms with Crippen molar-refractivity contribution in [1.82, 2.24) is 0 Å². The van der Waals surface area contributed by atoms with Crippen LogP contribution in [0.15, 0.2) is 146 Å². The molecule has 0 bridgehead atoms. The van der Waals surface area contributed by atoms with Crippen LogP contribution in [0.1, 0.15) is 206 Å². The molecule has 0 fully saturated rings. The second kappa shape index (κ2) is 51.3. The Morgan fingerprint density at radius 3 is 1.01 bits per heavy atom. The van der Waals surface area contributed by atoms with Crippen LogP contribution in [0.2, 0.25) is 0 Å². The van der Waals surface area contributed by atoms with Crippen LogP contribution in [0.3, 0.4) is 0 Å². The number of esters is 1. The van der Waals surface area contributed by atoms with Crippen molar-refractivity contribution in [1.29, 1.82) is 10.5 Å². The van der Waals surface area contributed by atoms with Crippen molar-refractivity contribution >= 4 is 35.1 Å². The molecule has 0 atom stereocenters. The van der Waals surface area contributed by atoms with E-state index in [1.807, 2.05) is 144 Å². The van der Waals surface area contributed by atoms with Crippen LogP contribution in [-0.2, 0) is 31.0 Å². The molecular weight excluding hydrogens is 969 g/mol. The molecule has 1 aliphatic heterocycles. The van der Waals surface area contributed by atoms with Gasteiger partial charge in [-0.1, -0.05) is 204 Å². The number of ketones is 4. The first kappa shape index (κ1) is 77.7. The van der Waals surface area contributed by atoms with Crippen molar-refractivity contribution in [2.24, 2.45) is 11.5 Å². The topological polar surface area (TPSA) is 252 Å². The lowest BCUT2D eigenvalue weighted by Gasteiger charge is -2.01. The number of nitriles is 2. The van der Waals surface area contributed by atoms with Gasteiger partial charge in [-0.2, -0.15) is 10.5 Å². The number of carboxylic acids is 1. The number of hydrogen-bond donors (Lipinski definition) is 4. The van der Waals surface area contributed by atoms with E-state index in [1.165, 1.54) is 26.0 Å². The highest BCUT2D eigenvalue weighted by Gasteiger charge is 2.19. The molecule has 7 rings (SSSR count). The third-order valence-electron chi connectivity index (χ3n) is 9.10. The number of cyclic esters (lactones) is 1. The van der Waals surface area contributed by atoms with Gasteiger partial charge in [0, 0.05) is 40.9 Å². The van der Waals surface area contributed by atoms with Crippen molar-refractivity contribution in [3.63, 3.8) is 0 Å². The number of hydrogen-bond acceptors (Lipinski definition) is 12. The Morgan fingerprint density at radius 1 is 0.455 bits per heavy atom. The van der Waals surface area contributed by atoms with Crippen LogP contribution in [-0.4, -0.2) is 45.3 Å². The number of carboxylic acid groups (broad SMARTS) is 1. The lowest BCUT2D eigenvalue weighted by Crippen LogP contribution is -2.04. The number of nitrogens with zero attached hydrogens (tertiary/aromatic N) is 2. The molecule has 1 aliphatic rings. The monoisotopic (exact) mass is 1050 g/mol. The predicted molar refractivity (Wildman–Crippen MR) is 314 cm³/mol. The van der Waals surface area contributed by atoms with E-state index in [9.17, 15) is 28.8 Å². The molecule has 416 valence electrons. The lowest BCUT2D eigenvalue weighted by molar-refractivity contribution is 0.0534. The molecule has 0 unspecified atom stereocenters. The number of fused-ring (bicyclic) bond motifs is 1. The maximum absolute atomic E-state index is 11.0. The molecule has 13 nitrogen and oxygen atoms in total. The van der Waals surface area contributed by atoms with Crippen molar-refractivity contribution in [2.75, 3.05) is 0 Å². The number of Topliss-reactive ketones (excluding diaryl/α,β-unsaturated/α-hetero) is 4. The smallest absolute Gasteiger partial charge is 0.338 e. The van der Waals surface area contributed by atoms with Gasteiger partial charge in [0.15, 0.2) is 23.1 Å². The molecule has 0 aromatic heterocycles. The number of rotatable bonds is 8. The molecule has 1 heterocycles. The summed E-state index contributed by atoms with van der Waals surface area (Å²) in [7, 11) is 0. The van der Waals surface area contributed by atoms with E-state index in [0.717, 1.165) is 27.8 Å². The van der Waals surface area contributed by atoms with Gasteiger partial charge in [-0.3, -0.25) is 19.2 Å². The molecule has 6 aromatic carbocycles. The van der Waals surface area contributed by atoms with Crippen LogP contribution in [0.4, 0.5) is 0 Å². The second-order valence-corrected chi connectivity index (χ2v) is 13.6. The summed E-state index contributed by atoms with van der Waals surface area (Å²) in [5.74, 6) is -1.19. The van der Waals surface area contributed by atoms with Gasteiger partial charge in [0.25, 0.3) is 0 Å². The van der Waals surface area contributed by atoms with Crippen molar-refractivity contribution < 1.29 is 43.7 Å². The summed E-state index contributed by atoms with van der Waals surface area (Å²) in [6, 6.07) is 45.9. The van der Waals surface area contributed by atoms with E-state index in [-0.39, 0.29) is 46.8 Å². The Hall–Kier alpha value is -8.20. The highest BCUT2D eigenvalue weighted by Crippen LogP contribution is 2.18. The van der Waals surface area contributed by atoms with E-state index >= 15 is 0 Å². The second-order valence-electron chi connectivity index (χ2n) is 13.6. The molecule has 0 amide bonds. The van der Waals surface area contributed by atoms with Crippen molar-refractivity contribution in [2.45, 2.75) is 137 Å². The quantitative estimate of drug-likeness (QED) is 0.0818. The highest BCUT2D eigenvalue weighted by atomic mass is 16.5. The van der Waals surface area contributed by atoms with Crippen molar-refractivity contribution in [3.8, 4) is 12.1 Å². The summed E-state index contributed by atoms with van der Waals surface area (Å²) in [5.41, 5.74) is 18.4. The predicted octanol–water partition coefficient (Wildman–Crippen LogP) is 14.6. The van der Waals surface area contributed by atoms with Gasteiger partial charge >= 0.3 is 11.9 Å². The first-order chi connectivity index (χ1) is 37.1. The molecule has 0 saturated heterocycles. The van der Waals surface area contributed by atoms with Gasteiger partial charge in [-0.15, -0.1) is 0 Å². The number of carbonyl (C=O) groups is 6. The molecular formula is C64H86N4O9. The minimum atomic E-state index is -1.07. The van der Waals surface area contributed by atoms with E-state index in [1.54, 1.807) is 98.8 Å². The minimum Gasteiger partial charge on any atom is -0.478 e. The summed E-state index contributed by atoms with van der Waals surface area (Å²) in [5, 5.41) is 34.4. The SMILES string of the molecule is CC.CC.CC.CC.CC.CC.CC(=O)c1ccccc1C#N.CC(=O)c1ccccc1CN.CC(=O)c1ccccc1CN.CC(=O)c1ccccc1CO.N#Cc1ccccc1C(=O)O.O=C1OCc2ccccc21. The Morgan fingerprint density at radius 2 is 0.740 bits per heavy atom. The van der Waals surface area contributed by atoms with Crippen LogP contribution >= 0.6 is 0 Å². The number of aliphatic hydroxyl groups is 1. The number of aromatic carboxylic acids is 1. The fraction of sp³-hybridized carbons (Fsp3) is 0.312. The van der Waals surface area contributed by atoms with E-state index < -0.39 is 5.97 Å². The minimum absolute atomic E-state index is 0.00495. The van der Waals surface area contributed by atoms with Gasteiger partial charge in [0.2, 0.25) is 0 Å². The van der Waals surface area contributed by atoms with Crippen molar-refractivity contribution in [3.05, 3.63) is 212 Å². The molecule has 0 radical (unpaired) electrons. The normalized spacial score (nSPS) is 8.97. The van der Waals surface area contributed by atoms with Gasteiger partial charge in [0.05, 0.1) is 34.9 Å². The van der Waals surface area contributed by atoms with Gasteiger partial charge < -0.3 is 26.4 Å². The summed E-state index contributed by atoms with van der Waals surface area (Å²) in [6.07, 6.45) is 0. The largest absolute Gasteiger partial charge is 0.478 e. The van der Waals surface area contributed by atoms with Gasteiger partial charge in [-0.25, -0.2) is 9.59 Å². The zero-order valence-corrected chi connectivity index (χ0v) is 48.5. The summed E-state index contributed by atoms with van der Waals surface area (Å²) >= 11 is 0. The molecule has 0 saturated carbocycles. The third kappa shape index (κ3) is 31.3. The van der Waals surface area contributed by atoms with Crippen LogP contribution in [0, 0.1) is 22.7 Å². The Kier molecular flexibility index (Phi) is 51.8. The van der Waals surface area contributed by atoms with Gasteiger partial charge in [0.1, 0.15) is 12.7 Å².